The number of likely N-dealkylation sites (N-methyl/N-ethyl adjacent to an activating group) is 2. The molecule has 3 heterocycles. The largest absolute Gasteiger partial charge is 0.376 e. The Bertz CT molecular complexity index is 597. The zero-order valence-corrected chi connectivity index (χ0v) is 18.1. The van der Waals surface area contributed by atoms with Gasteiger partial charge in [0, 0.05) is 53.4 Å². The van der Waals surface area contributed by atoms with Crippen molar-refractivity contribution in [2.45, 2.75) is 37.8 Å². The van der Waals surface area contributed by atoms with Crippen molar-refractivity contribution in [2.75, 3.05) is 73.6 Å². The van der Waals surface area contributed by atoms with Gasteiger partial charge in [-0.3, -0.25) is 14.5 Å². The molecule has 0 aliphatic carbocycles. The molecule has 2 amide bonds. The summed E-state index contributed by atoms with van der Waals surface area (Å²) in [6.45, 7) is 5.44. The van der Waals surface area contributed by atoms with E-state index in [9.17, 15) is 9.59 Å². The zero-order chi connectivity index (χ0) is 20.8. The maximum Gasteiger partial charge on any atom is 0.243 e. The second kappa shape index (κ2) is 10.2. The van der Waals surface area contributed by atoms with Crippen molar-refractivity contribution >= 4 is 17.8 Å². The van der Waals surface area contributed by atoms with Gasteiger partial charge >= 0.3 is 0 Å². The van der Waals surface area contributed by atoms with Crippen molar-refractivity contribution in [1.82, 2.24) is 24.9 Å². The number of guanidine groups is 1. The minimum Gasteiger partial charge on any atom is -0.376 e. The molecule has 3 saturated heterocycles. The lowest BCUT2D eigenvalue weighted by Gasteiger charge is -2.38. The minimum absolute atomic E-state index is 0.0282. The van der Waals surface area contributed by atoms with Crippen LogP contribution in [0.5, 0.6) is 0 Å². The Hall–Kier alpha value is -1.87. The molecule has 0 spiro atoms. The number of aliphatic imine (C=N–C) groups is 1. The molecule has 0 aromatic rings. The number of amides is 2. The van der Waals surface area contributed by atoms with E-state index in [-0.39, 0.29) is 30.5 Å². The van der Waals surface area contributed by atoms with Crippen LogP contribution in [0.25, 0.3) is 0 Å². The van der Waals surface area contributed by atoms with Gasteiger partial charge < -0.3 is 24.8 Å². The summed E-state index contributed by atoms with van der Waals surface area (Å²) in [6.07, 6.45) is 4.39. The van der Waals surface area contributed by atoms with Gasteiger partial charge in [0.2, 0.25) is 11.8 Å². The van der Waals surface area contributed by atoms with Crippen LogP contribution in [0.15, 0.2) is 4.99 Å². The average molecular weight is 409 g/mol. The fourth-order valence-corrected chi connectivity index (χ4v) is 4.13. The summed E-state index contributed by atoms with van der Waals surface area (Å²) in [7, 11) is 5.51. The van der Waals surface area contributed by atoms with E-state index in [0.717, 1.165) is 57.9 Å². The van der Waals surface area contributed by atoms with Crippen LogP contribution in [-0.4, -0.2) is 123 Å². The number of carbonyl (C=O) groups is 2. The number of hydrogen-bond acceptors (Lipinski definition) is 5. The predicted molar refractivity (Wildman–Crippen MR) is 112 cm³/mol. The van der Waals surface area contributed by atoms with E-state index < -0.39 is 0 Å². The third-order valence-electron chi connectivity index (χ3n) is 6.07. The van der Waals surface area contributed by atoms with E-state index in [4.69, 9.17) is 4.74 Å². The highest BCUT2D eigenvalue weighted by atomic mass is 16.5. The highest BCUT2D eigenvalue weighted by Gasteiger charge is 2.33. The second-order valence-corrected chi connectivity index (χ2v) is 8.39. The van der Waals surface area contributed by atoms with Crippen LogP contribution >= 0.6 is 0 Å². The molecule has 0 aromatic heterocycles. The summed E-state index contributed by atoms with van der Waals surface area (Å²) in [6, 6.07) is 0.0324. The number of piperazine rings is 1. The Morgan fingerprint density at radius 3 is 2.38 bits per heavy atom. The minimum atomic E-state index is -0.0282. The molecule has 3 rings (SSSR count). The molecular weight excluding hydrogens is 372 g/mol. The molecule has 0 radical (unpaired) electrons. The molecule has 2 unspecified atom stereocenters. The van der Waals surface area contributed by atoms with E-state index in [1.807, 2.05) is 11.9 Å². The summed E-state index contributed by atoms with van der Waals surface area (Å²) in [5.41, 5.74) is 0. The topological polar surface area (TPSA) is 80.7 Å². The normalized spacial score (nSPS) is 26.1. The number of nitrogens with zero attached hydrogens (tertiary/aromatic N) is 5. The van der Waals surface area contributed by atoms with Crippen molar-refractivity contribution in [2.24, 2.45) is 4.99 Å². The van der Waals surface area contributed by atoms with E-state index in [0.29, 0.717) is 19.6 Å². The summed E-state index contributed by atoms with van der Waals surface area (Å²) >= 11 is 0. The van der Waals surface area contributed by atoms with Crippen LogP contribution in [0.3, 0.4) is 0 Å². The molecule has 3 aliphatic rings. The molecule has 0 aromatic carbocycles. The number of ether oxygens (including phenoxy) is 1. The molecule has 29 heavy (non-hydrogen) atoms. The van der Waals surface area contributed by atoms with Gasteiger partial charge in [0.15, 0.2) is 5.96 Å². The Kier molecular flexibility index (Phi) is 7.71. The van der Waals surface area contributed by atoms with Gasteiger partial charge in [0.1, 0.15) is 6.54 Å². The van der Waals surface area contributed by atoms with Gasteiger partial charge in [-0.1, -0.05) is 0 Å². The van der Waals surface area contributed by atoms with Crippen LogP contribution < -0.4 is 5.32 Å². The Balaban J connectivity index is 1.56. The van der Waals surface area contributed by atoms with Crippen LogP contribution in [0.2, 0.25) is 0 Å². The molecule has 9 heteroatoms. The van der Waals surface area contributed by atoms with Crippen LogP contribution in [0.1, 0.15) is 25.7 Å². The number of nitrogens with one attached hydrogen (secondary N) is 1. The molecule has 1 N–H and O–H groups in total. The molecule has 3 fully saturated rings. The lowest BCUT2D eigenvalue weighted by atomic mass is 10.1. The Labute approximate surface area is 174 Å². The van der Waals surface area contributed by atoms with Gasteiger partial charge in [0.05, 0.1) is 12.1 Å². The zero-order valence-electron chi connectivity index (χ0n) is 18.1. The van der Waals surface area contributed by atoms with Crippen molar-refractivity contribution in [3.8, 4) is 0 Å². The summed E-state index contributed by atoms with van der Waals surface area (Å²) in [4.78, 5) is 37.2. The van der Waals surface area contributed by atoms with E-state index in [1.54, 1.807) is 19.0 Å². The van der Waals surface area contributed by atoms with Crippen molar-refractivity contribution in [3.05, 3.63) is 0 Å². The molecule has 0 bridgehead atoms. The van der Waals surface area contributed by atoms with E-state index in [1.165, 1.54) is 0 Å². The monoisotopic (exact) mass is 408 g/mol. The van der Waals surface area contributed by atoms with Gasteiger partial charge in [-0.15, -0.1) is 0 Å². The first-order valence-electron chi connectivity index (χ1n) is 10.8. The van der Waals surface area contributed by atoms with Crippen molar-refractivity contribution < 1.29 is 14.3 Å². The van der Waals surface area contributed by atoms with Gasteiger partial charge in [-0.2, -0.15) is 0 Å². The first kappa shape index (κ1) is 21.8. The van der Waals surface area contributed by atoms with Crippen LogP contribution in [0, 0.1) is 0 Å². The third-order valence-corrected chi connectivity index (χ3v) is 6.07. The van der Waals surface area contributed by atoms with Gasteiger partial charge in [-0.25, -0.2) is 4.99 Å². The Morgan fingerprint density at radius 2 is 1.79 bits per heavy atom. The first-order valence-corrected chi connectivity index (χ1v) is 10.8. The second-order valence-electron chi connectivity index (χ2n) is 8.39. The molecule has 0 saturated carbocycles. The molecule has 9 nitrogen and oxygen atoms in total. The quantitative estimate of drug-likeness (QED) is 0.485. The molecule has 3 aliphatic heterocycles. The maximum atomic E-state index is 12.8. The van der Waals surface area contributed by atoms with Gasteiger partial charge in [-0.05, 0) is 39.3 Å². The molecule has 164 valence electrons. The lowest BCUT2D eigenvalue weighted by molar-refractivity contribution is -0.136. The van der Waals surface area contributed by atoms with Crippen LogP contribution in [0.4, 0.5) is 0 Å². The Morgan fingerprint density at radius 1 is 1.07 bits per heavy atom. The molecular formula is C20H36N6O3. The highest BCUT2D eigenvalue weighted by Crippen LogP contribution is 2.18. The van der Waals surface area contributed by atoms with Crippen LogP contribution in [-0.2, 0) is 14.3 Å². The summed E-state index contributed by atoms with van der Waals surface area (Å²) < 4.78 is 5.70. The van der Waals surface area contributed by atoms with Crippen molar-refractivity contribution in [1.29, 1.82) is 0 Å². The third kappa shape index (κ3) is 5.82. The lowest BCUT2D eigenvalue weighted by Crippen LogP contribution is -2.57. The first-order chi connectivity index (χ1) is 14.0. The highest BCUT2D eigenvalue weighted by molar-refractivity contribution is 5.85. The molecule has 2 atom stereocenters. The fourth-order valence-electron chi connectivity index (χ4n) is 4.13. The number of likely N-dealkylation sites (tertiary alicyclic amines) is 1. The summed E-state index contributed by atoms with van der Waals surface area (Å²) in [5.74, 6) is 0.957. The average Bonchev–Trinajstić information content (AvgIpc) is 3.39. The fraction of sp³-hybridized carbons (Fsp3) is 0.850. The number of rotatable bonds is 5. The van der Waals surface area contributed by atoms with E-state index >= 15 is 0 Å². The summed E-state index contributed by atoms with van der Waals surface area (Å²) in [5, 5.41) is 3.40. The standard InChI is InChI=1S/C20H36N6O3/c1-23(2)18(27)15-22-20(21-14-16-6-5-13-29-16)26-11-9-25(10-12-26)19(28)17-7-4-8-24(17)3/h16-17H,4-15H2,1-3H3,(H,21,22). The van der Waals surface area contributed by atoms with Gasteiger partial charge in [0.25, 0.3) is 0 Å². The van der Waals surface area contributed by atoms with Crippen molar-refractivity contribution in [3.63, 3.8) is 0 Å². The number of carbonyl (C=O) groups excluding carboxylic acids is 2. The predicted octanol–water partition coefficient (Wildman–Crippen LogP) is -0.562. The van der Waals surface area contributed by atoms with E-state index in [2.05, 4.69) is 20.1 Å². The maximum absolute atomic E-state index is 12.8. The SMILES string of the molecule is CN(C)C(=O)CN=C(NCC1CCCO1)N1CCN(C(=O)C2CCCN2C)CC1. The smallest absolute Gasteiger partial charge is 0.243 e. The number of hydrogen-bond donors (Lipinski definition) is 1.